The summed E-state index contributed by atoms with van der Waals surface area (Å²) >= 11 is 0. The highest BCUT2D eigenvalue weighted by atomic mass is 16.1. The zero-order valence-electron chi connectivity index (χ0n) is 13.1. The summed E-state index contributed by atoms with van der Waals surface area (Å²) < 4.78 is 1.92. The Bertz CT molecular complexity index is 876. The van der Waals surface area contributed by atoms with E-state index < -0.39 is 0 Å². The zero-order valence-corrected chi connectivity index (χ0v) is 13.1. The lowest BCUT2D eigenvalue weighted by molar-refractivity contribution is -0.121. The van der Waals surface area contributed by atoms with Gasteiger partial charge in [0, 0.05) is 25.6 Å². The molecule has 3 aromatic rings. The molecule has 0 aliphatic carbocycles. The first-order valence-electron chi connectivity index (χ1n) is 7.80. The summed E-state index contributed by atoms with van der Waals surface area (Å²) in [5, 5.41) is 19.9. The first-order valence-corrected chi connectivity index (χ1v) is 7.80. The van der Waals surface area contributed by atoms with Crippen molar-refractivity contribution in [1.29, 1.82) is 5.26 Å². The molecule has 0 aliphatic rings. The van der Waals surface area contributed by atoms with Gasteiger partial charge in [0.25, 0.3) is 0 Å². The molecule has 2 heterocycles. The maximum Gasteiger partial charge on any atom is 0.220 e. The number of hydrogen-bond donors (Lipinski definition) is 1. The van der Waals surface area contributed by atoms with Crippen LogP contribution in [0.4, 0.5) is 0 Å². The summed E-state index contributed by atoms with van der Waals surface area (Å²) in [6, 6.07) is 15.1. The predicted octanol–water partition coefficient (Wildman–Crippen LogP) is 1.89. The molecule has 0 saturated carbocycles. The second kappa shape index (κ2) is 7.38. The van der Waals surface area contributed by atoms with Gasteiger partial charge in [0.05, 0.1) is 11.6 Å². The van der Waals surface area contributed by atoms with Crippen molar-refractivity contribution in [3.05, 3.63) is 65.6 Å². The van der Waals surface area contributed by atoms with E-state index in [0.29, 0.717) is 31.4 Å². The van der Waals surface area contributed by atoms with E-state index >= 15 is 0 Å². The molecular weight excluding hydrogens is 302 g/mol. The Morgan fingerprint density at radius 2 is 1.96 bits per heavy atom. The van der Waals surface area contributed by atoms with Crippen molar-refractivity contribution in [2.45, 2.75) is 19.3 Å². The molecule has 0 aliphatic heterocycles. The minimum Gasteiger partial charge on any atom is -0.356 e. The van der Waals surface area contributed by atoms with Crippen LogP contribution in [-0.2, 0) is 17.6 Å². The van der Waals surface area contributed by atoms with Gasteiger partial charge in [-0.3, -0.25) is 9.20 Å². The van der Waals surface area contributed by atoms with E-state index in [1.807, 2.05) is 40.9 Å². The van der Waals surface area contributed by atoms with Gasteiger partial charge in [-0.15, -0.1) is 10.2 Å². The molecular formula is C18H17N5O. The topological polar surface area (TPSA) is 83.1 Å². The highest BCUT2D eigenvalue weighted by Gasteiger charge is 2.06. The van der Waals surface area contributed by atoms with E-state index in [0.717, 1.165) is 17.0 Å². The van der Waals surface area contributed by atoms with Gasteiger partial charge in [0.2, 0.25) is 5.91 Å². The quantitative estimate of drug-likeness (QED) is 0.752. The van der Waals surface area contributed by atoms with E-state index in [9.17, 15) is 4.79 Å². The van der Waals surface area contributed by atoms with E-state index in [1.54, 1.807) is 12.1 Å². The van der Waals surface area contributed by atoms with Crippen LogP contribution in [0.15, 0.2) is 48.7 Å². The number of aromatic nitrogens is 3. The second-order valence-electron chi connectivity index (χ2n) is 5.45. The van der Waals surface area contributed by atoms with Crippen molar-refractivity contribution >= 4 is 11.6 Å². The number of fused-ring (bicyclic) bond motifs is 1. The van der Waals surface area contributed by atoms with E-state index in [-0.39, 0.29) is 5.91 Å². The number of nitrogens with one attached hydrogen (secondary N) is 1. The fourth-order valence-corrected chi connectivity index (χ4v) is 2.47. The van der Waals surface area contributed by atoms with Crippen LogP contribution in [0.5, 0.6) is 0 Å². The smallest absolute Gasteiger partial charge is 0.220 e. The Kier molecular flexibility index (Phi) is 4.82. The highest BCUT2D eigenvalue weighted by molar-refractivity contribution is 5.76. The third-order valence-electron chi connectivity index (χ3n) is 3.78. The monoisotopic (exact) mass is 319 g/mol. The van der Waals surface area contributed by atoms with Crippen molar-refractivity contribution in [3.63, 3.8) is 0 Å². The predicted molar refractivity (Wildman–Crippen MR) is 89.2 cm³/mol. The molecule has 24 heavy (non-hydrogen) atoms. The third kappa shape index (κ3) is 3.76. The lowest BCUT2D eigenvalue weighted by atomic mass is 10.1. The number of aryl methyl sites for hydroxylation is 1. The van der Waals surface area contributed by atoms with Crippen molar-refractivity contribution < 1.29 is 4.79 Å². The Hall–Kier alpha value is -3.20. The number of nitriles is 1. The molecule has 2 aromatic heterocycles. The maximum absolute atomic E-state index is 11.9. The van der Waals surface area contributed by atoms with Gasteiger partial charge in [-0.1, -0.05) is 18.2 Å². The van der Waals surface area contributed by atoms with Crippen LogP contribution in [0.3, 0.4) is 0 Å². The van der Waals surface area contributed by atoms with E-state index in [1.165, 1.54) is 0 Å². The van der Waals surface area contributed by atoms with Crippen LogP contribution in [0.1, 0.15) is 23.4 Å². The fourth-order valence-electron chi connectivity index (χ4n) is 2.47. The number of carbonyl (C=O) groups is 1. The molecule has 0 fully saturated rings. The summed E-state index contributed by atoms with van der Waals surface area (Å²) in [6.07, 6.45) is 3.63. The average molecular weight is 319 g/mol. The standard InChI is InChI=1S/C18H17N5O/c19-13-15-6-4-14(5-7-15)8-9-18(24)20-11-10-17-22-21-16-3-1-2-12-23(16)17/h1-7,12H,8-11H2,(H,20,24). The Morgan fingerprint density at radius 3 is 2.75 bits per heavy atom. The second-order valence-corrected chi connectivity index (χ2v) is 5.45. The van der Waals surface area contributed by atoms with Gasteiger partial charge in [-0.05, 0) is 36.2 Å². The number of pyridine rings is 1. The molecule has 6 nitrogen and oxygen atoms in total. The minimum atomic E-state index is 0.00757. The first-order chi connectivity index (χ1) is 11.8. The molecule has 0 unspecified atom stereocenters. The van der Waals surface area contributed by atoms with Crippen LogP contribution in [0.2, 0.25) is 0 Å². The van der Waals surface area contributed by atoms with Crippen LogP contribution >= 0.6 is 0 Å². The lowest BCUT2D eigenvalue weighted by Gasteiger charge is -2.05. The SMILES string of the molecule is N#Cc1ccc(CCC(=O)NCCc2nnc3ccccn23)cc1. The van der Waals surface area contributed by atoms with Gasteiger partial charge in [-0.25, -0.2) is 0 Å². The molecule has 0 bridgehead atoms. The molecule has 3 rings (SSSR count). The highest BCUT2D eigenvalue weighted by Crippen LogP contribution is 2.06. The number of hydrogen-bond acceptors (Lipinski definition) is 4. The van der Waals surface area contributed by atoms with Gasteiger partial charge in [-0.2, -0.15) is 5.26 Å². The first kappa shape index (κ1) is 15.7. The summed E-state index contributed by atoms with van der Waals surface area (Å²) in [5.74, 6) is 0.839. The van der Waals surface area contributed by atoms with Crippen molar-refractivity contribution in [1.82, 2.24) is 19.9 Å². The van der Waals surface area contributed by atoms with Crippen LogP contribution in [0, 0.1) is 11.3 Å². The Balaban J connectivity index is 1.45. The van der Waals surface area contributed by atoms with Crippen LogP contribution in [-0.4, -0.2) is 27.0 Å². The van der Waals surface area contributed by atoms with Gasteiger partial charge in [0.1, 0.15) is 5.82 Å². The Morgan fingerprint density at radius 1 is 1.12 bits per heavy atom. The van der Waals surface area contributed by atoms with Gasteiger partial charge < -0.3 is 5.32 Å². The van der Waals surface area contributed by atoms with Gasteiger partial charge >= 0.3 is 0 Å². The van der Waals surface area contributed by atoms with E-state index in [2.05, 4.69) is 21.6 Å². The molecule has 0 atom stereocenters. The fraction of sp³-hybridized carbons (Fsp3) is 0.222. The number of rotatable bonds is 6. The molecule has 1 amide bonds. The van der Waals surface area contributed by atoms with Crippen molar-refractivity contribution in [3.8, 4) is 6.07 Å². The van der Waals surface area contributed by atoms with Crippen LogP contribution in [0.25, 0.3) is 5.65 Å². The molecule has 6 heteroatoms. The molecule has 120 valence electrons. The minimum absolute atomic E-state index is 0.00757. The van der Waals surface area contributed by atoms with Crippen LogP contribution < -0.4 is 5.32 Å². The normalized spacial score (nSPS) is 10.5. The van der Waals surface area contributed by atoms with E-state index in [4.69, 9.17) is 5.26 Å². The zero-order chi connectivity index (χ0) is 16.8. The number of benzene rings is 1. The maximum atomic E-state index is 11.9. The third-order valence-corrected chi connectivity index (χ3v) is 3.78. The molecule has 0 spiro atoms. The molecule has 1 N–H and O–H groups in total. The molecule has 1 aromatic carbocycles. The van der Waals surface area contributed by atoms with Crippen molar-refractivity contribution in [2.75, 3.05) is 6.54 Å². The summed E-state index contributed by atoms with van der Waals surface area (Å²) in [7, 11) is 0. The molecule has 0 saturated heterocycles. The Labute approximate surface area is 139 Å². The number of amides is 1. The number of nitrogens with zero attached hydrogens (tertiary/aromatic N) is 4. The summed E-state index contributed by atoms with van der Waals surface area (Å²) in [4.78, 5) is 11.9. The molecule has 0 radical (unpaired) electrons. The largest absolute Gasteiger partial charge is 0.356 e. The average Bonchev–Trinajstić information content (AvgIpc) is 3.04. The van der Waals surface area contributed by atoms with Crippen molar-refractivity contribution in [2.24, 2.45) is 0 Å². The van der Waals surface area contributed by atoms with Gasteiger partial charge in [0.15, 0.2) is 5.65 Å². The summed E-state index contributed by atoms with van der Waals surface area (Å²) in [5.41, 5.74) is 2.48. The summed E-state index contributed by atoms with van der Waals surface area (Å²) in [6.45, 7) is 0.530. The number of carbonyl (C=O) groups excluding carboxylic acids is 1. The lowest BCUT2D eigenvalue weighted by Crippen LogP contribution is -2.26.